The topological polar surface area (TPSA) is 9.72 Å². The summed E-state index contributed by atoms with van der Waals surface area (Å²) < 4.78 is 0. The average molecular weight is 255 g/mol. The van der Waals surface area contributed by atoms with Gasteiger partial charge in [-0.25, -0.2) is 0 Å². The summed E-state index contributed by atoms with van der Waals surface area (Å²) in [6, 6.07) is 0. The van der Waals surface area contributed by atoms with Crippen LogP contribution in [0.1, 0.15) is 39.0 Å². The van der Waals surface area contributed by atoms with Crippen LogP contribution in [0.2, 0.25) is 0 Å². The Balaban J connectivity index is 2.20. The van der Waals surface area contributed by atoms with Gasteiger partial charge >= 0.3 is 0 Å². The van der Waals surface area contributed by atoms with Crippen LogP contribution in [-0.4, -0.2) is 74.6 Å². The minimum Gasteiger partial charge on any atom is -0.304 e. The highest BCUT2D eigenvalue weighted by atomic mass is 15.2. The molecule has 1 aliphatic rings. The lowest BCUT2D eigenvalue weighted by Gasteiger charge is -2.24. The Bertz CT molecular complexity index is 182. The van der Waals surface area contributed by atoms with Crippen LogP contribution in [0.4, 0.5) is 0 Å². The Labute approximate surface area is 114 Å². The molecule has 0 bridgehead atoms. The SMILES string of the molecule is CCCCCCCN1CCN(C)CCN(C)CC1. The van der Waals surface area contributed by atoms with Crippen LogP contribution in [0.3, 0.4) is 0 Å². The van der Waals surface area contributed by atoms with E-state index in [2.05, 4.69) is 35.7 Å². The van der Waals surface area contributed by atoms with Crippen LogP contribution in [0.15, 0.2) is 0 Å². The normalized spacial score (nSPS) is 21.5. The molecule has 0 aliphatic carbocycles. The van der Waals surface area contributed by atoms with E-state index in [4.69, 9.17) is 0 Å². The lowest BCUT2D eigenvalue weighted by Crippen LogP contribution is -2.35. The van der Waals surface area contributed by atoms with Gasteiger partial charge in [0.05, 0.1) is 0 Å². The molecule has 0 saturated carbocycles. The van der Waals surface area contributed by atoms with Crippen LogP contribution in [0.5, 0.6) is 0 Å². The minimum absolute atomic E-state index is 1.21. The second-order valence-electron chi connectivity index (χ2n) is 5.86. The van der Waals surface area contributed by atoms with Crippen LogP contribution in [-0.2, 0) is 0 Å². The fourth-order valence-corrected chi connectivity index (χ4v) is 2.46. The van der Waals surface area contributed by atoms with Crippen molar-refractivity contribution in [3.8, 4) is 0 Å². The van der Waals surface area contributed by atoms with Gasteiger partial charge in [-0.3, -0.25) is 0 Å². The fourth-order valence-electron chi connectivity index (χ4n) is 2.46. The zero-order chi connectivity index (χ0) is 13.2. The molecule has 0 atom stereocenters. The van der Waals surface area contributed by atoms with Crippen molar-refractivity contribution in [1.29, 1.82) is 0 Å². The first-order chi connectivity index (χ1) is 8.72. The predicted octanol–water partition coefficient (Wildman–Crippen LogP) is 2.14. The summed E-state index contributed by atoms with van der Waals surface area (Å²) in [7, 11) is 4.50. The van der Waals surface area contributed by atoms with Gasteiger partial charge in [-0.2, -0.15) is 0 Å². The largest absolute Gasteiger partial charge is 0.304 e. The van der Waals surface area contributed by atoms with Crippen molar-refractivity contribution >= 4 is 0 Å². The predicted molar refractivity (Wildman–Crippen MR) is 80.2 cm³/mol. The molecule has 1 fully saturated rings. The average Bonchev–Trinajstić information content (AvgIpc) is 2.44. The zero-order valence-corrected chi connectivity index (χ0v) is 12.8. The van der Waals surface area contributed by atoms with E-state index in [1.807, 2.05) is 0 Å². The van der Waals surface area contributed by atoms with Gasteiger partial charge in [-0.15, -0.1) is 0 Å². The van der Waals surface area contributed by atoms with E-state index in [1.165, 1.54) is 77.9 Å². The maximum absolute atomic E-state index is 2.66. The summed E-state index contributed by atoms with van der Waals surface area (Å²) in [5.74, 6) is 0. The molecule has 1 saturated heterocycles. The van der Waals surface area contributed by atoms with Crippen LogP contribution < -0.4 is 0 Å². The second-order valence-corrected chi connectivity index (χ2v) is 5.86. The van der Waals surface area contributed by atoms with Crippen molar-refractivity contribution in [2.75, 3.05) is 59.9 Å². The van der Waals surface area contributed by atoms with Gasteiger partial charge < -0.3 is 14.7 Å². The molecule has 0 aromatic rings. The van der Waals surface area contributed by atoms with Gasteiger partial charge in [0.25, 0.3) is 0 Å². The first-order valence-electron chi connectivity index (χ1n) is 7.82. The highest BCUT2D eigenvalue weighted by molar-refractivity contribution is 4.68. The second kappa shape index (κ2) is 9.76. The monoisotopic (exact) mass is 255 g/mol. The molecule has 1 rings (SSSR count). The van der Waals surface area contributed by atoms with Crippen LogP contribution in [0.25, 0.3) is 0 Å². The molecule has 0 spiro atoms. The van der Waals surface area contributed by atoms with Gasteiger partial charge in [0.15, 0.2) is 0 Å². The molecule has 3 nitrogen and oxygen atoms in total. The molecule has 0 aromatic carbocycles. The summed E-state index contributed by atoms with van der Waals surface area (Å²) in [6.07, 6.45) is 6.97. The molecular weight excluding hydrogens is 222 g/mol. The lowest BCUT2D eigenvalue weighted by molar-refractivity contribution is 0.230. The maximum Gasteiger partial charge on any atom is 0.0110 e. The summed E-state index contributed by atoms with van der Waals surface area (Å²) in [6.45, 7) is 10.9. The van der Waals surface area contributed by atoms with Gasteiger partial charge in [0.1, 0.15) is 0 Å². The molecule has 0 aromatic heterocycles. The van der Waals surface area contributed by atoms with Crippen molar-refractivity contribution in [3.63, 3.8) is 0 Å². The van der Waals surface area contributed by atoms with Gasteiger partial charge in [0.2, 0.25) is 0 Å². The summed E-state index contributed by atoms with van der Waals surface area (Å²) in [5.41, 5.74) is 0. The molecule has 0 radical (unpaired) electrons. The molecule has 1 aliphatic heterocycles. The molecule has 0 unspecified atom stereocenters. The van der Waals surface area contributed by atoms with Gasteiger partial charge in [-0.05, 0) is 27.1 Å². The molecule has 108 valence electrons. The minimum atomic E-state index is 1.21. The molecular formula is C15H33N3. The van der Waals surface area contributed by atoms with E-state index in [9.17, 15) is 0 Å². The van der Waals surface area contributed by atoms with E-state index in [0.717, 1.165) is 0 Å². The number of unbranched alkanes of at least 4 members (excludes halogenated alkanes) is 4. The number of hydrogen-bond donors (Lipinski definition) is 0. The lowest BCUT2D eigenvalue weighted by atomic mass is 10.1. The number of nitrogens with zero attached hydrogens (tertiary/aromatic N) is 3. The first-order valence-corrected chi connectivity index (χ1v) is 7.82. The Hall–Kier alpha value is -0.120. The number of rotatable bonds is 6. The Kier molecular flexibility index (Phi) is 8.64. The molecule has 0 amide bonds. The molecule has 0 N–H and O–H groups in total. The first kappa shape index (κ1) is 15.9. The van der Waals surface area contributed by atoms with E-state index < -0.39 is 0 Å². The quantitative estimate of drug-likeness (QED) is 0.673. The molecule has 3 heteroatoms. The van der Waals surface area contributed by atoms with Crippen LogP contribution in [0, 0.1) is 0 Å². The fraction of sp³-hybridized carbons (Fsp3) is 1.00. The van der Waals surface area contributed by atoms with E-state index in [0.29, 0.717) is 0 Å². The summed E-state index contributed by atoms with van der Waals surface area (Å²) in [4.78, 5) is 7.59. The van der Waals surface area contributed by atoms with Gasteiger partial charge in [0, 0.05) is 39.3 Å². The maximum atomic E-state index is 2.66. The van der Waals surface area contributed by atoms with Crippen molar-refractivity contribution < 1.29 is 0 Å². The Morgan fingerprint density at radius 1 is 0.667 bits per heavy atom. The van der Waals surface area contributed by atoms with Gasteiger partial charge in [-0.1, -0.05) is 32.6 Å². The highest BCUT2D eigenvalue weighted by Gasteiger charge is 2.11. The number of likely N-dealkylation sites (N-methyl/N-ethyl adjacent to an activating group) is 2. The van der Waals surface area contributed by atoms with Crippen molar-refractivity contribution in [3.05, 3.63) is 0 Å². The Morgan fingerprint density at radius 2 is 1.17 bits per heavy atom. The smallest absolute Gasteiger partial charge is 0.0110 e. The standard InChI is InChI=1S/C15H33N3/c1-4-5-6-7-8-9-18-14-12-16(2)10-11-17(3)13-15-18/h4-15H2,1-3H3. The highest BCUT2D eigenvalue weighted by Crippen LogP contribution is 2.05. The van der Waals surface area contributed by atoms with E-state index >= 15 is 0 Å². The third-order valence-electron chi connectivity index (χ3n) is 4.04. The van der Waals surface area contributed by atoms with E-state index in [1.54, 1.807) is 0 Å². The number of hydrogen-bond acceptors (Lipinski definition) is 3. The van der Waals surface area contributed by atoms with E-state index in [-0.39, 0.29) is 0 Å². The molecule has 18 heavy (non-hydrogen) atoms. The van der Waals surface area contributed by atoms with Crippen molar-refractivity contribution in [2.45, 2.75) is 39.0 Å². The Morgan fingerprint density at radius 3 is 1.72 bits per heavy atom. The van der Waals surface area contributed by atoms with Crippen molar-refractivity contribution in [2.24, 2.45) is 0 Å². The van der Waals surface area contributed by atoms with Crippen LogP contribution >= 0.6 is 0 Å². The van der Waals surface area contributed by atoms with Crippen molar-refractivity contribution in [1.82, 2.24) is 14.7 Å². The summed E-state index contributed by atoms with van der Waals surface area (Å²) >= 11 is 0. The zero-order valence-electron chi connectivity index (χ0n) is 12.8. The third-order valence-corrected chi connectivity index (χ3v) is 4.04. The summed E-state index contributed by atoms with van der Waals surface area (Å²) in [5, 5.41) is 0. The third kappa shape index (κ3) is 7.34. The molecule has 1 heterocycles.